The van der Waals surface area contributed by atoms with Crippen molar-refractivity contribution in [3.05, 3.63) is 29.8 Å². The van der Waals surface area contributed by atoms with E-state index in [0.29, 0.717) is 16.7 Å². The molecule has 104 valence electrons. The van der Waals surface area contributed by atoms with Gasteiger partial charge in [0.15, 0.2) is 0 Å². The van der Waals surface area contributed by atoms with Gasteiger partial charge >= 0.3 is 0 Å². The van der Waals surface area contributed by atoms with Crippen molar-refractivity contribution in [1.29, 1.82) is 0 Å². The van der Waals surface area contributed by atoms with Gasteiger partial charge in [-0.05, 0) is 34.9 Å². The minimum atomic E-state index is 0.492. The van der Waals surface area contributed by atoms with Gasteiger partial charge in [0.05, 0.1) is 0 Å². The van der Waals surface area contributed by atoms with Crippen LogP contribution in [-0.2, 0) is 0 Å². The van der Waals surface area contributed by atoms with E-state index in [2.05, 4.69) is 62.6 Å². The van der Waals surface area contributed by atoms with Crippen LogP contribution in [0, 0.1) is 16.7 Å². The first-order chi connectivity index (χ1) is 8.94. The van der Waals surface area contributed by atoms with Crippen LogP contribution in [0.5, 0.6) is 0 Å². The number of nitrogens with one attached hydrogen (secondary N) is 2. The molecule has 1 aliphatic heterocycles. The quantitative estimate of drug-likeness (QED) is 0.864. The fourth-order valence-corrected chi connectivity index (χ4v) is 3.78. The largest absolute Gasteiger partial charge is 0.384 e. The molecule has 0 radical (unpaired) electrons. The molecule has 1 aliphatic carbocycles. The maximum atomic E-state index is 3.70. The Labute approximate surface area is 117 Å². The van der Waals surface area contributed by atoms with Crippen LogP contribution in [0.15, 0.2) is 24.3 Å². The topological polar surface area (TPSA) is 24.1 Å². The molecule has 1 atom stereocenters. The maximum absolute atomic E-state index is 3.70. The summed E-state index contributed by atoms with van der Waals surface area (Å²) in [6, 6.07) is 8.69. The number of benzene rings is 1. The molecule has 2 N–H and O–H groups in total. The average molecular weight is 258 g/mol. The number of para-hydroxylation sites is 1. The Morgan fingerprint density at radius 1 is 1.11 bits per heavy atom. The molecule has 0 saturated heterocycles. The lowest BCUT2D eigenvalue weighted by Gasteiger charge is -2.12. The summed E-state index contributed by atoms with van der Waals surface area (Å²) in [5.41, 5.74) is 3.78. The van der Waals surface area contributed by atoms with Crippen LogP contribution in [0.25, 0.3) is 0 Å². The third-order valence-corrected chi connectivity index (χ3v) is 6.00. The maximum Gasteiger partial charge on any atom is 0.0376 e. The summed E-state index contributed by atoms with van der Waals surface area (Å²) in [5.74, 6) is 1.44. The van der Waals surface area contributed by atoms with E-state index in [4.69, 9.17) is 0 Å². The minimum absolute atomic E-state index is 0.492. The smallest absolute Gasteiger partial charge is 0.0376 e. The number of rotatable bonds is 4. The van der Waals surface area contributed by atoms with Gasteiger partial charge in [-0.2, -0.15) is 0 Å². The van der Waals surface area contributed by atoms with Crippen molar-refractivity contribution in [2.75, 3.05) is 25.0 Å². The van der Waals surface area contributed by atoms with Crippen LogP contribution in [0.2, 0.25) is 0 Å². The highest BCUT2D eigenvalue weighted by Gasteiger charge is 2.63. The van der Waals surface area contributed by atoms with Gasteiger partial charge in [0.1, 0.15) is 0 Å². The predicted octanol–water partition coefficient (Wildman–Crippen LogP) is 3.47. The lowest BCUT2D eigenvalue weighted by molar-refractivity contribution is 0.457. The monoisotopic (exact) mass is 258 g/mol. The van der Waals surface area contributed by atoms with Gasteiger partial charge in [-0.3, -0.25) is 0 Å². The van der Waals surface area contributed by atoms with Gasteiger partial charge in [-0.1, -0.05) is 45.9 Å². The highest BCUT2D eigenvalue weighted by molar-refractivity contribution is 5.57. The van der Waals surface area contributed by atoms with Crippen LogP contribution in [0.4, 0.5) is 5.69 Å². The molecule has 1 aromatic carbocycles. The number of anilines is 1. The molecule has 1 unspecified atom stereocenters. The summed E-state index contributed by atoms with van der Waals surface area (Å²) in [6.45, 7) is 12.9. The number of hydrogen-bond acceptors (Lipinski definition) is 2. The van der Waals surface area contributed by atoms with Gasteiger partial charge in [0.2, 0.25) is 0 Å². The SMILES string of the molecule is CC1(C)C(CNCC2CNc3ccccc32)C1(C)C. The van der Waals surface area contributed by atoms with Crippen molar-refractivity contribution in [2.45, 2.75) is 33.6 Å². The summed E-state index contributed by atoms with van der Waals surface area (Å²) < 4.78 is 0. The molecule has 1 fully saturated rings. The van der Waals surface area contributed by atoms with E-state index >= 15 is 0 Å². The Hall–Kier alpha value is -1.02. The molecule has 0 bridgehead atoms. The van der Waals surface area contributed by atoms with Crippen molar-refractivity contribution >= 4 is 5.69 Å². The predicted molar refractivity (Wildman–Crippen MR) is 81.6 cm³/mol. The molecule has 0 spiro atoms. The van der Waals surface area contributed by atoms with E-state index in [9.17, 15) is 0 Å². The van der Waals surface area contributed by atoms with E-state index in [1.807, 2.05) is 0 Å². The third kappa shape index (κ3) is 1.97. The van der Waals surface area contributed by atoms with E-state index < -0.39 is 0 Å². The molecule has 0 amide bonds. The second-order valence-electron chi connectivity index (χ2n) is 7.32. The Morgan fingerprint density at radius 2 is 1.79 bits per heavy atom. The fraction of sp³-hybridized carbons (Fsp3) is 0.647. The zero-order valence-electron chi connectivity index (χ0n) is 12.6. The Balaban J connectivity index is 1.53. The standard InChI is InChI=1S/C17H26N2/c1-16(2)15(17(16,3)4)11-18-9-12-10-19-14-8-6-5-7-13(12)14/h5-8,12,15,18-19H,9-11H2,1-4H3. The van der Waals surface area contributed by atoms with Crippen LogP contribution in [0.3, 0.4) is 0 Å². The number of hydrogen-bond donors (Lipinski definition) is 2. The zero-order chi connectivity index (χ0) is 13.7. The molecule has 1 saturated carbocycles. The fourth-order valence-electron chi connectivity index (χ4n) is 3.78. The molecular formula is C17H26N2. The van der Waals surface area contributed by atoms with Gasteiger partial charge in [0.25, 0.3) is 0 Å². The Morgan fingerprint density at radius 3 is 2.47 bits per heavy atom. The molecule has 3 rings (SSSR count). The first-order valence-electron chi connectivity index (χ1n) is 7.48. The Kier molecular flexibility index (Phi) is 2.90. The van der Waals surface area contributed by atoms with Gasteiger partial charge < -0.3 is 10.6 Å². The molecular weight excluding hydrogens is 232 g/mol. The van der Waals surface area contributed by atoms with Crippen LogP contribution in [0.1, 0.15) is 39.2 Å². The van der Waals surface area contributed by atoms with Crippen LogP contribution in [-0.4, -0.2) is 19.6 Å². The van der Waals surface area contributed by atoms with Crippen molar-refractivity contribution in [3.8, 4) is 0 Å². The first-order valence-corrected chi connectivity index (χ1v) is 7.48. The lowest BCUT2D eigenvalue weighted by Crippen LogP contribution is -2.26. The zero-order valence-corrected chi connectivity index (χ0v) is 12.6. The molecule has 2 nitrogen and oxygen atoms in total. The van der Waals surface area contributed by atoms with Crippen molar-refractivity contribution in [1.82, 2.24) is 5.32 Å². The second kappa shape index (κ2) is 4.24. The first kappa shape index (κ1) is 13.0. The van der Waals surface area contributed by atoms with E-state index in [1.165, 1.54) is 11.3 Å². The second-order valence-corrected chi connectivity index (χ2v) is 7.32. The summed E-state index contributed by atoms with van der Waals surface area (Å²) in [6.07, 6.45) is 0. The molecule has 1 aromatic rings. The lowest BCUT2D eigenvalue weighted by atomic mass is 10.0. The summed E-state index contributed by atoms with van der Waals surface area (Å²) >= 11 is 0. The molecule has 19 heavy (non-hydrogen) atoms. The van der Waals surface area contributed by atoms with Gasteiger partial charge in [0, 0.05) is 24.7 Å². The summed E-state index contributed by atoms with van der Waals surface area (Å²) in [7, 11) is 0. The summed E-state index contributed by atoms with van der Waals surface area (Å²) in [4.78, 5) is 0. The van der Waals surface area contributed by atoms with Crippen molar-refractivity contribution in [3.63, 3.8) is 0 Å². The summed E-state index contributed by atoms with van der Waals surface area (Å²) in [5, 5.41) is 7.20. The van der Waals surface area contributed by atoms with Gasteiger partial charge in [-0.25, -0.2) is 0 Å². The van der Waals surface area contributed by atoms with Gasteiger partial charge in [-0.15, -0.1) is 0 Å². The molecule has 2 heteroatoms. The van der Waals surface area contributed by atoms with E-state index in [1.54, 1.807) is 0 Å². The normalized spacial score (nSPS) is 26.8. The average Bonchev–Trinajstić information content (AvgIpc) is 2.68. The van der Waals surface area contributed by atoms with Crippen LogP contribution < -0.4 is 10.6 Å². The minimum Gasteiger partial charge on any atom is -0.384 e. The molecule has 2 aliphatic rings. The molecule has 0 aromatic heterocycles. The van der Waals surface area contributed by atoms with Crippen molar-refractivity contribution < 1.29 is 0 Å². The van der Waals surface area contributed by atoms with Crippen LogP contribution >= 0.6 is 0 Å². The van der Waals surface area contributed by atoms with Crippen molar-refractivity contribution in [2.24, 2.45) is 16.7 Å². The third-order valence-electron chi connectivity index (χ3n) is 6.00. The highest BCUT2D eigenvalue weighted by atomic mass is 15.0. The van der Waals surface area contributed by atoms with E-state index in [0.717, 1.165) is 25.6 Å². The number of fused-ring (bicyclic) bond motifs is 1. The van der Waals surface area contributed by atoms with E-state index in [-0.39, 0.29) is 0 Å². The highest BCUT2D eigenvalue weighted by Crippen LogP contribution is 2.67. The Bertz CT molecular complexity index is 462. The molecule has 1 heterocycles.